The summed E-state index contributed by atoms with van der Waals surface area (Å²) in [7, 11) is 0. The molecule has 1 aromatic rings. The summed E-state index contributed by atoms with van der Waals surface area (Å²) in [6.45, 7) is 3.85. The first-order valence-corrected chi connectivity index (χ1v) is 8.76. The number of benzene rings is 1. The topological polar surface area (TPSA) is 104 Å². The summed E-state index contributed by atoms with van der Waals surface area (Å²) < 4.78 is 0. The van der Waals surface area contributed by atoms with E-state index in [1.165, 1.54) is 4.90 Å². The molecule has 7 nitrogen and oxygen atoms in total. The summed E-state index contributed by atoms with van der Waals surface area (Å²) in [6.07, 6.45) is 1.35. The molecule has 26 heavy (non-hydrogen) atoms. The van der Waals surface area contributed by atoms with E-state index < -0.39 is 11.4 Å². The van der Waals surface area contributed by atoms with Crippen LogP contribution >= 0.6 is 0 Å². The number of nitrogens with one attached hydrogen (secondary N) is 1. The van der Waals surface area contributed by atoms with Gasteiger partial charge in [0.05, 0.1) is 12.0 Å². The Morgan fingerprint density at radius 2 is 1.62 bits per heavy atom. The van der Waals surface area contributed by atoms with Crippen LogP contribution < -0.4 is 5.32 Å². The molecular formula is C19H24N2O5. The summed E-state index contributed by atoms with van der Waals surface area (Å²) in [5, 5.41) is 12.1. The molecule has 3 amide bonds. The average molecular weight is 360 g/mol. The van der Waals surface area contributed by atoms with Gasteiger partial charge in [-0.1, -0.05) is 26.0 Å². The molecule has 1 heterocycles. The highest BCUT2D eigenvalue weighted by Crippen LogP contribution is 2.25. The van der Waals surface area contributed by atoms with Crippen LogP contribution in [0.25, 0.3) is 0 Å². The van der Waals surface area contributed by atoms with E-state index in [4.69, 9.17) is 0 Å². The van der Waals surface area contributed by atoms with Crippen molar-refractivity contribution < 1.29 is 24.3 Å². The molecule has 2 rings (SSSR count). The van der Waals surface area contributed by atoms with E-state index in [-0.39, 0.29) is 43.7 Å². The Morgan fingerprint density at radius 3 is 2.08 bits per heavy atom. The third-order valence-corrected chi connectivity index (χ3v) is 5.11. The monoisotopic (exact) mass is 360 g/mol. The first-order chi connectivity index (χ1) is 12.3. The Kier molecular flexibility index (Phi) is 6.13. The Hall–Kier alpha value is -2.70. The lowest BCUT2D eigenvalue weighted by Crippen LogP contribution is -2.42. The molecule has 1 aliphatic heterocycles. The zero-order chi connectivity index (χ0) is 19.3. The fraction of sp³-hybridized carbons (Fsp3) is 0.474. The largest absolute Gasteiger partial charge is 0.481 e. The lowest BCUT2D eigenvalue weighted by atomic mass is 9.82. The fourth-order valence-corrected chi connectivity index (χ4v) is 2.97. The van der Waals surface area contributed by atoms with Crippen LogP contribution in [-0.4, -0.2) is 40.2 Å². The molecular weight excluding hydrogens is 336 g/mol. The van der Waals surface area contributed by atoms with Crippen molar-refractivity contribution >= 4 is 23.7 Å². The van der Waals surface area contributed by atoms with Crippen molar-refractivity contribution in [3.63, 3.8) is 0 Å². The van der Waals surface area contributed by atoms with Crippen LogP contribution in [0.4, 0.5) is 0 Å². The summed E-state index contributed by atoms with van der Waals surface area (Å²) >= 11 is 0. The maximum atomic E-state index is 12.3. The van der Waals surface area contributed by atoms with Crippen molar-refractivity contribution in [3.8, 4) is 0 Å². The quantitative estimate of drug-likeness (QED) is 0.690. The predicted octanol–water partition coefficient (Wildman–Crippen LogP) is 1.96. The Labute approximate surface area is 152 Å². The van der Waals surface area contributed by atoms with Crippen LogP contribution in [0.15, 0.2) is 24.3 Å². The summed E-state index contributed by atoms with van der Waals surface area (Å²) in [5.74, 6) is -1.63. The van der Waals surface area contributed by atoms with Crippen LogP contribution in [0.2, 0.25) is 0 Å². The molecule has 1 aliphatic rings. The lowest BCUT2D eigenvalue weighted by molar-refractivity contribution is -0.149. The van der Waals surface area contributed by atoms with Crippen molar-refractivity contribution in [2.75, 3.05) is 6.54 Å². The second kappa shape index (κ2) is 8.12. The van der Waals surface area contributed by atoms with Crippen LogP contribution in [0.3, 0.4) is 0 Å². The minimum Gasteiger partial charge on any atom is -0.481 e. The van der Waals surface area contributed by atoms with Gasteiger partial charge in [-0.15, -0.1) is 0 Å². The van der Waals surface area contributed by atoms with Crippen molar-refractivity contribution in [1.29, 1.82) is 0 Å². The molecule has 0 atom stereocenters. The number of carboxylic acid groups (broad SMARTS) is 1. The van der Waals surface area contributed by atoms with E-state index in [1.807, 2.05) is 0 Å². The molecule has 2 N–H and O–H groups in total. The van der Waals surface area contributed by atoms with Crippen molar-refractivity contribution in [2.45, 2.75) is 46.1 Å². The van der Waals surface area contributed by atoms with E-state index in [9.17, 15) is 24.3 Å². The van der Waals surface area contributed by atoms with Gasteiger partial charge >= 0.3 is 5.97 Å². The van der Waals surface area contributed by atoms with Gasteiger partial charge in [0.2, 0.25) is 11.8 Å². The molecule has 0 saturated carbocycles. The maximum absolute atomic E-state index is 12.3. The number of rotatable bonds is 8. The molecule has 0 spiro atoms. The highest BCUT2D eigenvalue weighted by atomic mass is 16.4. The molecule has 0 bridgehead atoms. The SMILES string of the molecule is CCC(CC)(CNC(=O)c1ccc(CN2C(=O)CCC2=O)cc1)C(=O)O. The molecule has 0 aromatic heterocycles. The Bertz CT molecular complexity index is 691. The first-order valence-electron chi connectivity index (χ1n) is 8.76. The van der Waals surface area contributed by atoms with E-state index in [0.717, 1.165) is 5.56 Å². The van der Waals surface area contributed by atoms with Gasteiger partial charge in [-0.05, 0) is 30.5 Å². The molecule has 1 aromatic carbocycles. The highest BCUT2D eigenvalue weighted by molar-refractivity contribution is 6.01. The van der Waals surface area contributed by atoms with Gasteiger partial charge < -0.3 is 10.4 Å². The summed E-state index contributed by atoms with van der Waals surface area (Å²) in [4.78, 5) is 48.3. The van der Waals surface area contributed by atoms with Gasteiger partial charge in [0.1, 0.15) is 0 Å². The molecule has 0 unspecified atom stereocenters. The van der Waals surface area contributed by atoms with Crippen molar-refractivity contribution in [2.24, 2.45) is 5.41 Å². The number of imide groups is 1. The second-order valence-corrected chi connectivity index (χ2v) is 6.55. The number of hydrogen-bond donors (Lipinski definition) is 2. The van der Waals surface area contributed by atoms with Crippen LogP contribution in [-0.2, 0) is 20.9 Å². The molecule has 7 heteroatoms. The number of hydrogen-bond acceptors (Lipinski definition) is 4. The van der Waals surface area contributed by atoms with Gasteiger partial charge in [0.15, 0.2) is 0 Å². The fourth-order valence-electron chi connectivity index (χ4n) is 2.97. The first kappa shape index (κ1) is 19.6. The second-order valence-electron chi connectivity index (χ2n) is 6.55. The van der Waals surface area contributed by atoms with Crippen LogP contribution in [0.5, 0.6) is 0 Å². The maximum Gasteiger partial charge on any atom is 0.311 e. The van der Waals surface area contributed by atoms with E-state index in [1.54, 1.807) is 38.1 Å². The molecule has 0 aliphatic carbocycles. The van der Waals surface area contributed by atoms with E-state index >= 15 is 0 Å². The minimum absolute atomic E-state index is 0.0622. The van der Waals surface area contributed by atoms with Crippen LogP contribution in [0, 0.1) is 5.41 Å². The number of carbonyl (C=O) groups is 4. The predicted molar refractivity (Wildman–Crippen MR) is 94.2 cm³/mol. The zero-order valence-electron chi connectivity index (χ0n) is 15.1. The Balaban J connectivity index is 1.99. The number of nitrogens with zero attached hydrogens (tertiary/aromatic N) is 1. The Morgan fingerprint density at radius 1 is 1.08 bits per heavy atom. The lowest BCUT2D eigenvalue weighted by Gasteiger charge is -2.26. The van der Waals surface area contributed by atoms with Crippen LogP contribution in [0.1, 0.15) is 55.5 Å². The standard InChI is InChI=1S/C19H24N2O5/c1-3-19(4-2,18(25)26)12-20-17(24)14-7-5-13(6-8-14)11-21-15(22)9-10-16(21)23/h5-8H,3-4,9-12H2,1-2H3,(H,20,24)(H,25,26). The molecule has 1 saturated heterocycles. The number of carboxylic acids is 1. The number of aliphatic carboxylic acids is 1. The third-order valence-electron chi connectivity index (χ3n) is 5.11. The van der Waals surface area contributed by atoms with Gasteiger partial charge in [-0.25, -0.2) is 0 Å². The van der Waals surface area contributed by atoms with E-state index in [2.05, 4.69) is 5.32 Å². The number of amides is 3. The number of likely N-dealkylation sites (tertiary alicyclic amines) is 1. The molecule has 140 valence electrons. The van der Waals surface area contributed by atoms with Gasteiger partial charge in [-0.2, -0.15) is 0 Å². The normalized spacial score (nSPS) is 14.6. The van der Waals surface area contributed by atoms with Gasteiger partial charge in [0, 0.05) is 24.9 Å². The van der Waals surface area contributed by atoms with Gasteiger partial charge in [0.25, 0.3) is 5.91 Å². The summed E-state index contributed by atoms with van der Waals surface area (Å²) in [5.41, 5.74) is 0.193. The summed E-state index contributed by atoms with van der Waals surface area (Å²) in [6, 6.07) is 6.60. The molecule has 0 radical (unpaired) electrons. The van der Waals surface area contributed by atoms with Crippen molar-refractivity contribution in [3.05, 3.63) is 35.4 Å². The third kappa shape index (κ3) is 4.09. The van der Waals surface area contributed by atoms with Crippen molar-refractivity contribution in [1.82, 2.24) is 10.2 Å². The highest BCUT2D eigenvalue weighted by Gasteiger charge is 2.35. The average Bonchev–Trinajstić information content (AvgIpc) is 2.95. The smallest absolute Gasteiger partial charge is 0.311 e. The van der Waals surface area contributed by atoms with E-state index in [0.29, 0.717) is 18.4 Å². The van der Waals surface area contributed by atoms with Gasteiger partial charge in [-0.3, -0.25) is 24.1 Å². The zero-order valence-corrected chi connectivity index (χ0v) is 15.1. The molecule has 1 fully saturated rings. The number of carbonyl (C=O) groups excluding carboxylic acids is 3. The minimum atomic E-state index is -0.966.